The monoisotopic (exact) mass is 258 g/mol. The Hall–Kier alpha value is -0.340. The number of thiol groups is 1. The van der Waals surface area contributed by atoms with Crippen LogP contribution in [0.4, 0.5) is 0 Å². The van der Waals surface area contributed by atoms with Crippen LogP contribution in [0.15, 0.2) is 12.1 Å². The lowest BCUT2D eigenvalue weighted by Crippen LogP contribution is -2.02. The second kappa shape index (κ2) is 6.41. The molecular formula is C13H19ClOS. The molecule has 1 aromatic rings. The lowest BCUT2D eigenvalue weighted by Gasteiger charge is -2.17. The van der Waals surface area contributed by atoms with Crippen molar-refractivity contribution < 1.29 is 4.74 Å². The topological polar surface area (TPSA) is 9.23 Å². The average molecular weight is 259 g/mol. The minimum atomic E-state index is 0.428. The number of rotatable bonds is 5. The van der Waals surface area contributed by atoms with Gasteiger partial charge in [0.15, 0.2) is 0 Å². The molecule has 0 aliphatic heterocycles. The van der Waals surface area contributed by atoms with Crippen LogP contribution in [0.1, 0.15) is 37.3 Å². The number of benzene rings is 1. The largest absolute Gasteiger partial charge is 0.494 e. The lowest BCUT2D eigenvalue weighted by molar-refractivity contribution is 0.334. The fourth-order valence-electron chi connectivity index (χ4n) is 1.69. The van der Waals surface area contributed by atoms with Crippen LogP contribution in [-0.2, 0) is 0 Å². The quantitative estimate of drug-likeness (QED) is 0.767. The van der Waals surface area contributed by atoms with Gasteiger partial charge in [-0.2, -0.15) is 12.6 Å². The van der Waals surface area contributed by atoms with E-state index in [1.54, 1.807) is 0 Å². The summed E-state index contributed by atoms with van der Waals surface area (Å²) in [5, 5.41) is 0.810. The van der Waals surface area contributed by atoms with Gasteiger partial charge in [0.2, 0.25) is 0 Å². The van der Waals surface area contributed by atoms with E-state index in [2.05, 4.69) is 19.6 Å². The third-order valence-corrected chi connectivity index (χ3v) is 3.35. The zero-order valence-corrected chi connectivity index (χ0v) is 11.7. The summed E-state index contributed by atoms with van der Waals surface area (Å²) in [5.74, 6) is 2.26. The molecule has 0 saturated carbocycles. The van der Waals surface area contributed by atoms with Gasteiger partial charge in [0.1, 0.15) is 5.75 Å². The third kappa shape index (κ3) is 3.33. The molecule has 1 aromatic carbocycles. The van der Waals surface area contributed by atoms with E-state index in [4.69, 9.17) is 16.3 Å². The Morgan fingerprint density at radius 3 is 2.69 bits per heavy atom. The van der Waals surface area contributed by atoms with Crippen LogP contribution in [0.5, 0.6) is 5.75 Å². The van der Waals surface area contributed by atoms with Crippen LogP contribution in [-0.4, -0.2) is 12.4 Å². The van der Waals surface area contributed by atoms with Gasteiger partial charge in [-0.05, 0) is 55.2 Å². The number of aryl methyl sites for hydroxylation is 1. The first-order chi connectivity index (χ1) is 7.60. The van der Waals surface area contributed by atoms with Crippen molar-refractivity contribution in [3.05, 3.63) is 28.3 Å². The summed E-state index contributed by atoms with van der Waals surface area (Å²) in [6.45, 7) is 6.86. The number of hydrogen-bond donors (Lipinski definition) is 1. The van der Waals surface area contributed by atoms with Crippen LogP contribution in [0.25, 0.3) is 0 Å². The average Bonchev–Trinajstić information content (AvgIpc) is 2.23. The Bertz CT molecular complexity index is 352. The van der Waals surface area contributed by atoms with Crippen molar-refractivity contribution in [1.29, 1.82) is 0 Å². The van der Waals surface area contributed by atoms with Crippen molar-refractivity contribution in [3.8, 4) is 5.75 Å². The third-order valence-electron chi connectivity index (χ3n) is 2.68. The van der Waals surface area contributed by atoms with E-state index in [9.17, 15) is 0 Å². The Kier molecular flexibility index (Phi) is 5.50. The molecular weight excluding hydrogens is 240 g/mol. The predicted octanol–water partition coefficient (Wildman–Crippen LogP) is 4.47. The summed E-state index contributed by atoms with van der Waals surface area (Å²) < 4.78 is 5.66. The van der Waals surface area contributed by atoms with Gasteiger partial charge < -0.3 is 4.74 Å². The molecule has 90 valence electrons. The molecule has 1 atom stereocenters. The highest BCUT2D eigenvalue weighted by molar-refractivity contribution is 7.80. The van der Waals surface area contributed by atoms with E-state index in [0.717, 1.165) is 28.5 Å². The van der Waals surface area contributed by atoms with Crippen LogP contribution in [0, 0.1) is 6.92 Å². The highest BCUT2D eigenvalue weighted by Gasteiger charge is 2.13. The number of hydrogen-bond acceptors (Lipinski definition) is 2. The van der Waals surface area contributed by atoms with Gasteiger partial charge in [0, 0.05) is 5.02 Å². The highest BCUT2D eigenvalue weighted by Crippen LogP contribution is 2.33. The first-order valence-electron chi connectivity index (χ1n) is 5.63. The van der Waals surface area contributed by atoms with Crippen LogP contribution in [0.2, 0.25) is 5.02 Å². The Morgan fingerprint density at radius 2 is 2.12 bits per heavy atom. The molecule has 1 nitrogen and oxygen atoms in total. The first-order valence-corrected chi connectivity index (χ1v) is 6.64. The zero-order chi connectivity index (χ0) is 12.1. The minimum absolute atomic E-state index is 0.428. The molecule has 0 aliphatic rings. The zero-order valence-electron chi connectivity index (χ0n) is 10.1. The second-order valence-corrected chi connectivity index (χ2v) is 4.84. The number of halogens is 1. The maximum absolute atomic E-state index is 6.16. The molecule has 0 heterocycles. The second-order valence-electron chi connectivity index (χ2n) is 3.99. The van der Waals surface area contributed by atoms with E-state index in [0.29, 0.717) is 12.5 Å². The van der Waals surface area contributed by atoms with Crippen molar-refractivity contribution >= 4 is 24.2 Å². The summed E-state index contributed by atoms with van der Waals surface area (Å²) in [5.41, 5.74) is 2.25. The van der Waals surface area contributed by atoms with Gasteiger partial charge in [-0.1, -0.05) is 18.5 Å². The van der Waals surface area contributed by atoms with Crippen molar-refractivity contribution in [2.45, 2.75) is 33.1 Å². The Balaban J connectivity index is 3.08. The van der Waals surface area contributed by atoms with Gasteiger partial charge in [-0.25, -0.2) is 0 Å². The van der Waals surface area contributed by atoms with Gasteiger partial charge in [-0.3, -0.25) is 0 Å². The van der Waals surface area contributed by atoms with E-state index < -0.39 is 0 Å². The summed E-state index contributed by atoms with van der Waals surface area (Å²) in [7, 11) is 0. The molecule has 1 unspecified atom stereocenters. The van der Waals surface area contributed by atoms with E-state index in [1.807, 2.05) is 26.0 Å². The molecule has 0 N–H and O–H groups in total. The molecule has 0 aliphatic carbocycles. The van der Waals surface area contributed by atoms with Crippen LogP contribution < -0.4 is 4.74 Å². The maximum atomic E-state index is 6.16. The lowest BCUT2D eigenvalue weighted by atomic mass is 9.96. The summed E-state index contributed by atoms with van der Waals surface area (Å²) >= 11 is 10.4. The van der Waals surface area contributed by atoms with Gasteiger partial charge in [-0.15, -0.1) is 0 Å². The van der Waals surface area contributed by atoms with Crippen molar-refractivity contribution in [2.24, 2.45) is 0 Å². The smallest absolute Gasteiger partial charge is 0.123 e. The van der Waals surface area contributed by atoms with Crippen LogP contribution in [0.3, 0.4) is 0 Å². The predicted molar refractivity (Wildman–Crippen MR) is 74.2 cm³/mol. The molecule has 1 rings (SSSR count). The van der Waals surface area contributed by atoms with Crippen molar-refractivity contribution in [1.82, 2.24) is 0 Å². The molecule has 3 heteroatoms. The maximum Gasteiger partial charge on any atom is 0.123 e. The summed E-state index contributed by atoms with van der Waals surface area (Å²) in [6.07, 6.45) is 1.03. The minimum Gasteiger partial charge on any atom is -0.494 e. The van der Waals surface area contributed by atoms with Crippen LogP contribution >= 0.6 is 24.2 Å². The van der Waals surface area contributed by atoms with Crippen molar-refractivity contribution in [3.63, 3.8) is 0 Å². The fourth-order valence-corrected chi connectivity index (χ4v) is 2.24. The normalized spacial score (nSPS) is 12.6. The van der Waals surface area contributed by atoms with E-state index in [-0.39, 0.29) is 0 Å². The molecule has 16 heavy (non-hydrogen) atoms. The van der Waals surface area contributed by atoms with Gasteiger partial charge in [0.25, 0.3) is 0 Å². The number of ether oxygens (including phenoxy) is 1. The summed E-state index contributed by atoms with van der Waals surface area (Å²) in [6, 6.07) is 4.05. The van der Waals surface area contributed by atoms with Crippen molar-refractivity contribution in [2.75, 3.05) is 12.4 Å². The Morgan fingerprint density at radius 1 is 1.44 bits per heavy atom. The molecule has 0 aromatic heterocycles. The highest BCUT2D eigenvalue weighted by atomic mass is 35.5. The van der Waals surface area contributed by atoms with E-state index in [1.165, 1.54) is 5.56 Å². The molecule has 0 fully saturated rings. The Labute approximate surface area is 109 Å². The van der Waals surface area contributed by atoms with Gasteiger partial charge in [0.05, 0.1) is 6.61 Å². The standard InChI is InChI=1S/C13H19ClOS/c1-4-15-13-7-10(3)12(14)8-11(13)9(2)5-6-16/h7-9,16H,4-6H2,1-3H3. The molecule has 0 saturated heterocycles. The molecule has 0 spiro atoms. The molecule has 0 bridgehead atoms. The molecule has 0 radical (unpaired) electrons. The van der Waals surface area contributed by atoms with Gasteiger partial charge >= 0.3 is 0 Å². The first kappa shape index (κ1) is 13.7. The SMILES string of the molecule is CCOc1cc(C)c(Cl)cc1C(C)CCS. The molecule has 0 amide bonds. The summed E-state index contributed by atoms with van der Waals surface area (Å²) in [4.78, 5) is 0. The van der Waals surface area contributed by atoms with E-state index >= 15 is 0 Å². The fraction of sp³-hybridized carbons (Fsp3) is 0.538.